The summed E-state index contributed by atoms with van der Waals surface area (Å²) in [7, 11) is 3.09. The summed E-state index contributed by atoms with van der Waals surface area (Å²) in [6, 6.07) is 10.00. The summed E-state index contributed by atoms with van der Waals surface area (Å²) >= 11 is 0. The molecule has 5 nitrogen and oxygen atoms in total. The summed E-state index contributed by atoms with van der Waals surface area (Å²) in [4.78, 5) is 0. The molecule has 3 rings (SSSR count). The van der Waals surface area contributed by atoms with Gasteiger partial charge >= 0.3 is 0 Å². The summed E-state index contributed by atoms with van der Waals surface area (Å²) in [5, 5.41) is 10.9. The second-order valence-corrected chi connectivity index (χ2v) is 6.82. The van der Waals surface area contributed by atoms with E-state index in [1.165, 1.54) is 0 Å². The SMILES string of the molecule is COC1(OC)[C@@H](O)[C@]2(C)O[C@@]1(C)CC[C@H]2OCc1ccccc1. The molecule has 0 amide bonds. The smallest absolute Gasteiger partial charge is 0.226 e. The van der Waals surface area contributed by atoms with E-state index in [1.807, 2.05) is 44.2 Å². The highest BCUT2D eigenvalue weighted by Crippen LogP contribution is 2.56. The van der Waals surface area contributed by atoms with Gasteiger partial charge in [0.1, 0.15) is 17.3 Å². The Hall–Kier alpha value is -0.980. The van der Waals surface area contributed by atoms with Gasteiger partial charge in [-0.1, -0.05) is 30.3 Å². The minimum absolute atomic E-state index is 0.224. The molecule has 1 aromatic carbocycles. The number of hydrogen-bond donors (Lipinski definition) is 1. The van der Waals surface area contributed by atoms with Crippen molar-refractivity contribution in [3.63, 3.8) is 0 Å². The van der Waals surface area contributed by atoms with Crippen molar-refractivity contribution in [2.75, 3.05) is 14.2 Å². The molecular weight excluding hydrogens is 296 g/mol. The summed E-state index contributed by atoms with van der Waals surface area (Å²) in [5.41, 5.74) is -0.466. The first kappa shape index (κ1) is 16.9. The standard InChI is InChI=1S/C18H26O5/c1-16-11-10-14(22-12-13-8-6-5-7-9-13)17(2,23-16)15(19)18(16,20-3)21-4/h5-9,14-15,19H,10-12H2,1-4H3/t14-,15+,16+,17-/m1/s1. The number of rotatable bonds is 5. The Balaban J connectivity index is 1.81. The van der Waals surface area contributed by atoms with Gasteiger partial charge in [-0.25, -0.2) is 0 Å². The Kier molecular flexibility index (Phi) is 4.27. The fourth-order valence-corrected chi connectivity index (χ4v) is 4.20. The Morgan fingerprint density at radius 3 is 2.43 bits per heavy atom. The summed E-state index contributed by atoms with van der Waals surface area (Å²) in [5.74, 6) is -1.17. The third kappa shape index (κ3) is 2.34. The average molecular weight is 322 g/mol. The lowest BCUT2D eigenvalue weighted by Crippen LogP contribution is -2.58. The maximum absolute atomic E-state index is 10.9. The first-order valence-electron chi connectivity index (χ1n) is 8.06. The van der Waals surface area contributed by atoms with Crippen molar-refractivity contribution in [1.82, 2.24) is 0 Å². The minimum atomic E-state index is -1.17. The van der Waals surface area contributed by atoms with Crippen LogP contribution >= 0.6 is 0 Å². The molecule has 0 aromatic heterocycles. The second kappa shape index (κ2) is 5.83. The van der Waals surface area contributed by atoms with E-state index in [-0.39, 0.29) is 6.10 Å². The molecule has 2 aliphatic rings. The Morgan fingerprint density at radius 2 is 1.83 bits per heavy atom. The van der Waals surface area contributed by atoms with Crippen LogP contribution in [-0.4, -0.2) is 48.5 Å². The van der Waals surface area contributed by atoms with E-state index >= 15 is 0 Å². The topological polar surface area (TPSA) is 57.2 Å². The lowest BCUT2D eigenvalue weighted by atomic mass is 9.89. The molecule has 0 saturated carbocycles. The van der Waals surface area contributed by atoms with Gasteiger partial charge in [-0.2, -0.15) is 0 Å². The number of methoxy groups -OCH3 is 2. The van der Waals surface area contributed by atoms with Gasteiger partial charge in [0.15, 0.2) is 0 Å². The molecule has 2 bridgehead atoms. The third-order valence-corrected chi connectivity index (χ3v) is 5.51. The van der Waals surface area contributed by atoms with E-state index in [1.54, 1.807) is 14.2 Å². The number of hydrogen-bond acceptors (Lipinski definition) is 5. The van der Waals surface area contributed by atoms with Crippen molar-refractivity contribution in [1.29, 1.82) is 0 Å². The predicted octanol–water partition coefficient (Wildman–Crippen LogP) is 2.26. The lowest BCUT2D eigenvalue weighted by molar-refractivity contribution is -0.297. The number of benzene rings is 1. The Labute approximate surface area is 137 Å². The molecule has 0 spiro atoms. The van der Waals surface area contributed by atoms with Gasteiger partial charge in [0.2, 0.25) is 5.79 Å². The second-order valence-electron chi connectivity index (χ2n) is 6.82. The molecule has 128 valence electrons. The van der Waals surface area contributed by atoms with E-state index in [9.17, 15) is 5.11 Å². The summed E-state index contributed by atoms with van der Waals surface area (Å²) in [6.07, 6.45) is 0.322. The fourth-order valence-electron chi connectivity index (χ4n) is 4.20. The highest BCUT2D eigenvalue weighted by atomic mass is 16.7. The molecule has 4 atom stereocenters. The number of ether oxygens (including phenoxy) is 4. The van der Waals surface area contributed by atoms with Crippen LogP contribution in [0, 0.1) is 0 Å². The quantitative estimate of drug-likeness (QED) is 0.843. The minimum Gasteiger partial charge on any atom is -0.384 e. The first-order chi connectivity index (χ1) is 10.9. The Bertz CT molecular complexity index is 544. The van der Waals surface area contributed by atoms with Gasteiger partial charge in [0.25, 0.3) is 0 Å². The van der Waals surface area contributed by atoms with E-state index < -0.39 is 23.1 Å². The van der Waals surface area contributed by atoms with Crippen LogP contribution in [-0.2, 0) is 25.6 Å². The van der Waals surface area contributed by atoms with Crippen molar-refractivity contribution in [2.24, 2.45) is 0 Å². The maximum Gasteiger partial charge on any atom is 0.226 e. The molecule has 2 fully saturated rings. The molecule has 1 aromatic rings. The molecular formula is C18H26O5. The predicted molar refractivity (Wildman–Crippen MR) is 84.9 cm³/mol. The monoisotopic (exact) mass is 322 g/mol. The van der Waals surface area contributed by atoms with Gasteiger partial charge in [-0.15, -0.1) is 0 Å². The fraction of sp³-hybridized carbons (Fsp3) is 0.667. The zero-order chi connectivity index (χ0) is 16.7. The van der Waals surface area contributed by atoms with Crippen molar-refractivity contribution in [2.45, 2.75) is 62.5 Å². The van der Waals surface area contributed by atoms with Gasteiger partial charge in [0.05, 0.1) is 12.7 Å². The maximum atomic E-state index is 10.9. The van der Waals surface area contributed by atoms with Gasteiger partial charge < -0.3 is 24.1 Å². The molecule has 2 saturated heterocycles. The molecule has 0 unspecified atom stereocenters. The highest BCUT2D eigenvalue weighted by molar-refractivity contribution is 5.19. The normalized spacial score (nSPS) is 38.7. The zero-order valence-corrected chi connectivity index (χ0v) is 14.2. The number of aliphatic hydroxyl groups excluding tert-OH is 1. The van der Waals surface area contributed by atoms with Crippen molar-refractivity contribution in [3.05, 3.63) is 35.9 Å². The van der Waals surface area contributed by atoms with Crippen LogP contribution in [0.1, 0.15) is 32.3 Å². The molecule has 23 heavy (non-hydrogen) atoms. The largest absolute Gasteiger partial charge is 0.384 e. The van der Waals surface area contributed by atoms with Crippen molar-refractivity contribution >= 4 is 0 Å². The van der Waals surface area contributed by atoms with Crippen LogP contribution in [0.3, 0.4) is 0 Å². The molecule has 2 aliphatic heterocycles. The van der Waals surface area contributed by atoms with Gasteiger partial charge in [-0.3, -0.25) is 0 Å². The van der Waals surface area contributed by atoms with Crippen molar-refractivity contribution < 1.29 is 24.1 Å². The third-order valence-electron chi connectivity index (χ3n) is 5.51. The molecule has 5 heteroatoms. The summed E-state index contributed by atoms with van der Waals surface area (Å²) in [6.45, 7) is 4.30. The molecule has 1 N–H and O–H groups in total. The van der Waals surface area contributed by atoms with Crippen LogP contribution in [0.2, 0.25) is 0 Å². The van der Waals surface area contributed by atoms with Crippen LogP contribution in [0.4, 0.5) is 0 Å². The number of aliphatic hydroxyl groups is 1. The highest BCUT2D eigenvalue weighted by Gasteiger charge is 2.73. The van der Waals surface area contributed by atoms with Crippen LogP contribution < -0.4 is 0 Å². The van der Waals surface area contributed by atoms with E-state index in [0.29, 0.717) is 13.0 Å². The van der Waals surface area contributed by atoms with Crippen molar-refractivity contribution in [3.8, 4) is 0 Å². The van der Waals surface area contributed by atoms with E-state index in [0.717, 1.165) is 12.0 Å². The lowest BCUT2D eigenvalue weighted by Gasteiger charge is -2.43. The van der Waals surface area contributed by atoms with Crippen LogP contribution in [0.25, 0.3) is 0 Å². The zero-order valence-electron chi connectivity index (χ0n) is 14.2. The number of fused-ring (bicyclic) bond motifs is 2. The molecule has 2 heterocycles. The van der Waals surface area contributed by atoms with Gasteiger partial charge in [-0.05, 0) is 32.3 Å². The van der Waals surface area contributed by atoms with Crippen LogP contribution in [0.5, 0.6) is 0 Å². The summed E-state index contributed by atoms with van der Waals surface area (Å²) < 4.78 is 23.6. The van der Waals surface area contributed by atoms with Crippen LogP contribution in [0.15, 0.2) is 30.3 Å². The Morgan fingerprint density at radius 1 is 1.17 bits per heavy atom. The first-order valence-corrected chi connectivity index (χ1v) is 8.06. The van der Waals surface area contributed by atoms with E-state index in [2.05, 4.69) is 0 Å². The van der Waals surface area contributed by atoms with Gasteiger partial charge in [0, 0.05) is 14.2 Å². The van der Waals surface area contributed by atoms with E-state index in [4.69, 9.17) is 18.9 Å². The molecule has 0 aliphatic carbocycles. The molecule has 0 radical (unpaired) electrons. The average Bonchev–Trinajstić information content (AvgIpc) is 2.69.